The molecule has 0 saturated heterocycles. The molecular formula is C15H23NO3. The van der Waals surface area contributed by atoms with E-state index >= 15 is 0 Å². The molecule has 1 unspecified atom stereocenters. The molecular weight excluding hydrogens is 242 g/mol. The molecule has 4 nitrogen and oxygen atoms in total. The lowest BCUT2D eigenvalue weighted by Gasteiger charge is -2.29. The Hall–Kier alpha value is -1.26. The minimum atomic E-state index is 0.00707. The van der Waals surface area contributed by atoms with Gasteiger partial charge in [0, 0.05) is 30.7 Å². The van der Waals surface area contributed by atoms with Gasteiger partial charge in [-0.2, -0.15) is 0 Å². The molecule has 1 aliphatic carbocycles. The normalized spacial score (nSPS) is 19.5. The zero-order chi connectivity index (χ0) is 13.9. The first-order valence-electron chi connectivity index (χ1n) is 6.92. The van der Waals surface area contributed by atoms with Crippen molar-refractivity contribution in [3.8, 4) is 11.5 Å². The van der Waals surface area contributed by atoms with Crippen LogP contribution in [-0.4, -0.2) is 28.5 Å². The number of nitrogens with one attached hydrogen (secondary N) is 1. The summed E-state index contributed by atoms with van der Waals surface area (Å²) in [5, 5.41) is 32.0. The Labute approximate surface area is 114 Å². The summed E-state index contributed by atoms with van der Waals surface area (Å²) in [5.41, 5.74) is 0.858. The van der Waals surface area contributed by atoms with Crippen LogP contribution in [0.3, 0.4) is 0 Å². The molecule has 1 aliphatic rings. The van der Waals surface area contributed by atoms with E-state index in [1.807, 2.05) is 6.92 Å². The van der Waals surface area contributed by atoms with Crippen LogP contribution in [0, 0.1) is 5.41 Å². The van der Waals surface area contributed by atoms with E-state index < -0.39 is 0 Å². The first-order valence-corrected chi connectivity index (χ1v) is 6.92. The van der Waals surface area contributed by atoms with Crippen molar-refractivity contribution in [2.24, 2.45) is 5.41 Å². The van der Waals surface area contributed by atoms with Gasteiger partial charge in [-0.15, -0.1) is 0 Å². The molecule has 0 aliphatic heterocycles. The molecule has 1 aromatic rings. The van der Waals surface area contributed by atoms with E-state index in [0.29, 0.717) is 0 Å². The summed E-state index contributed by atoms with van der Waals surface area (Å²) in [6.07, 6.45) is 4.50. The van der Waals surface area contributed by atoms with Gasteiger partial charge in [-0.25, -0.2) is 0 Å². The highest BCUT2D eigenvalue weighted by Gasteiger charge is 2.33. The van der Waals surface area contributed by atoms with Crippen LogP contribution in [0.25, 0.3) is 0 Å². The maximum atomic E-state index is 9.57. The monoisotopic (exact) mass is 265 g/mol. The first kappa shape index (κ1) is 14.2. The molecule has 0 radical (unpaired) electrons. The third kappa shape index (κ3) is 3.39. The predicted molar refractivity (Wildman–Crippen MR) is 74.2 cm³/mol. The van der Waals surface area contributed by atoms with E-state index in [1.54, 1.807) is 12.1 Å². The third-order valence-corrected chi connectivity index (χ3v) is 4.21. The highest BCUT2D eigenvalue weighted by molar-refractivity contribution is 5.37. The van der Waals surface area contributed by atoms with Gasteiger partial charge in [0.25, 0.3) is 0 Å². The molecule has 1 atom stereocenters. The minimum absolute atomic E-state index is 0.00707. The number of rotatable bonds is 5. The molecule has 0 bridgehead atoms. The highest BCUT2D eigenvalue weighted by atomic mass is 16.3. The lowest BCUT2D eigenvalue weighted by Crippen LogP contribution is -2.36. The smallest absolute Gasteiger partial charge is 0.119 e. The fraction of sp³-hybridized carbons (Fsp3) is 0.600. The fourth-order valence-electron chi connectivity index (χ4n) is 2.87. The maximum absolute atomic E-state index is 9.57. The maximum Gasteiger partial charge on any atom is 0.119 e. The molecule has 4 N–H and O–H groups in total. The van der Waals surface area contributed by atoms with Gasteiger partial charge in [-0.3, -0.25) is 0 Å². The topological polar surface area (TPSA) is 72.7 Å². The minimum Gasteiger partial charge on any atom is -0.508 e. The second kappa shape index (κ2) is 5.80. The highest BCUT2D eigenvalue weighted by Crippen LogP contribution is 2.37. The van der Waals surface area contributed by atoms with Crippen molar-refractivity contribution in [1.29, 1.82) is 0 Å². The Morgan fingerprint density at radius 1 is 1.16 bits per heavy atom. The Kier molecular flexibility index (Phi) is 4.32. The molecule has 4 heteroatoms. The second-order valence-electron chi connectivity index (χ2n) is 5.75. The largest absolute Gasteiger partial charge is 0.508 e. The van der Waals surface area contributed by atoms with E-state index in [0.717, 1.165) is 24.9 Å². The zero-order valence-corrected chi connectivity index (χ0v) is 11.4. The Morgan fingerprint density at radius 3 is 2.26 bits per heavy atom. The Morgan fingerprint density at radius 2 is 1.74 bits per heavy atom. The molecule has 106 valence electrons. The van der Waals surface area contributed by atoms with Crippen LogP contribution in [0.1, 0.15) is 44.2 Å². The summed E-state index contributed by atoms with van der Waals surface area (Å²) in [7, 11) is 0. The molecule has 1 fully saturated rings. The van der Waals surface area contributed by atoms with Crippen LogP contribution < -0.4 is 5.32 Å². The van der Waals surface area contributed by atoms with E-state index in [-0.39, 0.29) is 29.6 Å². The quantitative estimate of drug-likeness (QED) is 0.659. The van der Waals surface area contributed by atoms with Crippen molar-refractivity contribution in [3.63, 3.8) is 0 Å². The van der Waals surface area contributed by atoms with Crippen LogP contribution in [0.15, 0.2) is 18.2 Å². The lowest BCUT2D eigenvalue weighted by atomic mass is 9.87. The number of hydrogen-bond donors (Lipinski definition) is 4. The van der Waals surface area contributed by atoms with Gasteiger partial charge in [0.1, 0.15) is 11.5 Å². The molecule has 1 aromatic carbocycles. The van der Waals surface area contributed by atoms with Crippen molar-refractivity contribution in [2.45, 2.75) is 38.6 Å². The number of phenolic OH excluding ortho intramolecular Hbond substituents is 2. The summed E-state index contributed by atoms with van der Waals surface area (Å²) >= 11 is 0. The average molecular weight is 265 g/mol. The standard InChI is InChI=1S/C15H23NO3/c1-11(12-6-13(18)8-14(19)7-12)16-9-15(10-17)4-2-3-5-15/h6-8,11,16-19H,2-5,9-10H2,1H3. The first-order chi connectivity index (χ1) is 9.04. The number of hydrogen-bond acceptors (Lipinski definition) is 4. The van der Waals surface area contributed by atoms with Gasteiger partial charge >= 0.3 is 0 Å². The lowest BCUT2D eigenvalue weighted by molar-refractivity contribution is 0.125. The van der Waals surface area contributed by atoms with Gasteiger partial charge in [0.2, 0.25) is 0 Å². The summed E-state index contributed by atoms with van der Waals surface area (Å²) in [4.78, 5) is 0. The van der Waals surface area contributed by atoms with Crippen molar-refractivity contribution in [2.75, 3.05) is 13.2 Å². The summed E-state index contributed by atoms with van der Waals surface area (Å²) in [5.74, 6) is 0.141. The fourth-order valence-corrected chi connectivity index (χ4v) is 2.87. The average Bonchev–Trinajstić information content (AvgIpc) is 2.84. The SMILES string of the molecule is CC(NCC1(CO)CCCC1)c1cc(O)cc(O)c1. The number of aliphatic hydroxyl groups excluding tert-OH is 1. The predicted octanol–water partition coefficient (Wildman–Crippen LogP) is 2.30. The van der Waals surface area contributed by atoms with Crippen molar-refractivity contribution in [1.82, 2.24) is 5.32 Å². The number of phenols is 2. The van der Waals surface area contributed by atoms with Crippen molar-refractivity contribution < 1.29 is 15.3 Å². The summed E-state index contributed by atoms with van der Waals surface area (Å²) in [6.45, 7) is 2.98. The number of benzene rings is 1. The second-order valence-corrected chi connectivity index (χ2v) is 5.75. The van der Waals surface area contributed by atoms with Crippen molar-refractivity contribution >= 4 is 0 Å². The van der Waals surface area contributed by atoms with Gasteiger partial charge in [-0.1, -0.05) is 12.8 Å². The third-order valence-electron chi connectivity index (χ3n) is 4.21. The Balaban J connectivity index is 1.98. The van der Waals surface area contributed by atoms with Crippen LogP contribution in [0.2, 0.25) is 0 Å². The molecule has 1 saturated carbocycles. The summed E-state index contributed by atoms with van der Waals surface area (Å²) in [6, 6.07) is 4.65. The van der Waals surface area contributed by atoms with Crippen LogP contribution in [0.4, 0.5) is 0 Å². The van der Waals surface area contributed by atoms with Crippen molar-refractivity contribution in [3.05, 3.63) is 23.8 Å². The molecule has 0 amide bonds. The Bertz CT molecular complexity index is 407. The molecule has 0 aromatic heterocycles. The molecule has 2 rings (SSSR count). The molecule has 0 spiro atoms. The van der Waals surface area contributed by atoms with Gasteiger partial charge in [0.05, 0.1) is 0 Å². The zero-order valence-electron chi connectivity index (χ0n) is 11.4. The van der Waals surface area contributed by atoms with E-state index in [9.17, 15) is 15.3 Å². The number of aromatic hydroxyl groups is 2. The molecule has 0 heterocycles. The van der Waals surface area contributed by atoms with Crippen LogP contribution in [-0.2, 0) is 0 Å². The number of aliphatic hydroxyl groups is 1. The van der Waals surface area contributed by atoms with Gasteiger partial charge in [-0.05, 0) is 37.5 Å². The van der Waals surface area contributed by atoms with Crippen LogP contribution in [0.5, 0.6) is 11.5 Å². The van der Waals surface area contributed by atoms with Gasteiger partial charge < -0.3 is 20.6 Å². The summed E-state index contributed by atoms with van der Waals surface area (Å²) < 4.78 is 0. The van der Waals surface area contributed by atoms with E-state index in [4.69, 9.17) is 0 Å². The molecule has 19 heavy (non-hydrogen) atoms. The van der Waals surface area contributed by atoms with Gasteiger partial charge in [0.15, 0.2) is 0 Å². The van der Waals surface area contributed by atoms with E-state index in [1.165, 1.54) is 18.9 Å². The van der Waals surface area contributed by atoms with E-state index in [2.05, 4.69) is 5.32 Å². The van der Waals surface area contributed by atoms with Crippen LogP contribution >= 0.6 is 0 Å².